The Morgan fingerprint density at radius 2 is 2.40 bits per heavy atom. The predicted octanol–water partition coefficient (Wildman–Crippen LogP) is 0.675. The van der Waals surface area contributed by atoms with Gasteiger partial charge in [-0.1, -0.05) is 19.9 Å². The quantitative estimate of drug-likeness (QED) is 0.271. The Kier molecular flexibility index (Phi) is 4.58. The molecule has 2 N–H and O–H groups in total. The van der Waals surface area contributed by atoms with E-state index in [-0.39, 0.29) is 5.91 Å². The van der Waals surface area contributed by atoms with E-state index in [1.807, 2.05) is 6.92 Å². The summed E-state index contributed by atoms with van der Waals surface area (Å²) in [5.74, 6) is 5.11. The number of unbranched alkanes of at least 4 members (excludes halogenated alkanes) is 1. The Hall–Kier alpha value is -0.830. The Balaban J connectivity index is 3.51. The number of amides is 1. The fraction of sp³-hybridized carbons (Fsp3) is 0.571. The molecule has 58 valence electrons. The van der Waals surface area contributed by atoms with Gasteiger partial charge in [-0.3, -0.25) is 9.80 Å². The lowest BCUT2D eigenvalue weighted by atomic mass is 10.3. The molecule has 0 atom stereocenters. The molecule has 1 amide bonds. The highest BCUT2D eigenvalue weighted by Gasteiger charge is 2.01. The molecule has 0 spiro atoms. The van der Waals surface area contributed by atoms with E-state index >= 15 is 0 Å². The smallest absolute Gasteiger partial charge is 0.259 e. The summed E-state index contributed by atoms with van der Waals surface area (Å²) in [6, 6.07) is 0. The largest absolute Gasteiger partial charge is 0.277 e. The lowest BCUT2D eigenvalue weighted by Crippen LogP contribution is -2.36. The highest BCUT2D eigenvalue weighted by Crippen LogP contribution is 1.89. The first-order chi connectivity index (χ1) is 4.72. The van der Waals surface area contributed by atoms with Crippen molar-refractivity contribution in [1.29, 1.82) is 0 Å². The molecule has 10 heavy (non-hydrogen) atoms. The molecular formula is C7H14N2O. The molecule has 0 saturated heterocycles. The minimum Gasteiger partial charge on any atom is -0.277 e. The molecule has 0 aromatic carbocycles. The molecule has 0 rings (SSSR count). The zero-order valence-electron chi connectivity index (χ0n) is 6.34. The van der Waals surface area contributed by atoms with E-state index in [9.17, 15) is 4.79 Å². The Morgan fingerprint density at radius 1 is 1.80 bits per heavy atom. The Labute approximate surface area is 61.5 Å². The van der Waals surface area contributed by atoms with E-state index in [4.69, 9.17) is 5.84 Å². The lowest BCUT2D eigenvalue weighted by molar-refractivity contribution is -0.126. The van der Waals surface area contributed by atoms with Crippen molar-refractivity contribution in [3.05, 3.63) is 12.7 Å². The molecule has 0 bridgehead atoms. The third-order valence-corrected chi connectivity index (χ3v) is 1.21. The van der Waals surface area contributed by atoms with Crippen molar-refractivity contribution in [3.63, 3.8) is 0 Å². The fourth-order valence-corrected chi connectivity index (χ4v) is 0.556. The lowest BCUT2D eigenvalue weighted by Gasteiger charge is -2.12. The topological polar surface area (TPSA) is 46.3 Å². The second-order valence-corrected chi connectivity index (χ2v) is 2.09. The van der Waals surface area contributed by atoms with E-state index < -0.39 is 0 Å². The maximum absolute atomic E-state index is 10.7. The van der Waals surface area contributed by atoms with Gasteiger partial charge in [-0.05, 0) is 12.5 Å². The van der Waals surface area contributed by atoms with E-state index in [2.05, 4.69) is 6.58 Å². The second kappa shape index (κ2) is 4.99. The van der Waals surface area contributed by atoms with Crippen LogP contribution in [0.2, 0.25) is 0 Å². The molecule has 0 saturated carbocycles. The molecule has 0 aromatic rings. The normalized spacial score (nSPS) is 9.00. The van der Waals surface area contributed by atoms with Gasteiger partial charge in [-0.2, -0.15) is 0 Å². The van der Waals surface area contributed by atoms with Crippen LogP contribution in [0.4, 0.5) is 0 Å². The van der Waals surface area contributed by atoms with Gasteiger partial charge in [0.25, 0.3) is 5.91 Å². The van der Waals surface area contributed by atoms with Crippen LogP contribution in [-0.2, 0) is 4.79 Å². The molecule has 0 heterocycles. The summed E-state index contributed by atoms with van der Waals surface area (Å²) in [5, 5.41) is 1.18. The van der Waals surface area contributed by atoms with Gasteiger partial charge in [-0.25, -0.2) is 5.84 Å². The van der Waals surface area contributed by atoms with Crippen molar-refractivity contribution in [2.45, 2.75) is 19.8 Å². The third kappa shape index (κ3) is 3.25. The van der Waals surface area contributed by atoms with Crippen LogP contribution in [0.25, 0.3) is 0 Å². The van der Waals surface area contributed by atoms with Gasteiger partial charge in [0, 0.05) is 6.54 Å². The number of carbonyl (C=O) groups is 1. The number of hydrogen-bond acceptors (Lipinski definition) is 2. The van der Waals surface area contributed by atoms with Crippen molar-refractivity contribution in [2.75, 3.05) is 6.54 Å². The van der Waals surface area contributed by atoms with E-state index in [1.54, 1.807) is 0 Å². The standard InChI is InChI=1S/C7H14N2O/c1-3-5-6-9(8)7(10)4-2/h4H,2-3,5-6,8H2,1H3. The molecule has 0 aliphatic heterocycles. The average molecular weight is 142 g/mol. The number of carbonyl (C=O) groups excluding carboxylic acids is 1. The van der Waals surface area contributed by atoms with Crippen LogP contribution in [-0.4, -0.2) is 17.5 Å². The van der Waals surface area contributed by atoms with Gasteiger partial charge < -0.3 is 0 Å². The summed E-state index contributed by atoms with van der Waals surface area (Å²) >= 11 is 0. The highest BCUT2D eigenvalue weighted by atomic mass is 16.2. The van der Waals surface area contributed by atoms with Gasteiger partial charge in [-0.15, -0.1) is 0 Å². The van der Waals surface area contributed by atoms with Gasteiger partial charge in [0.15, 0.2) is 0 Å². The Morgan fingerprint density at radius 3 is 2.80 bits per heavy atom. The SMILES string of the molecule is C=CC(=O)N(N)CCCC. The molecule has 0 fully saturated rings. The van der Waals surface area contributed by atoms with Crippen molar-refractivity contribution >= 4 is 5.91 Å². The van der Waals surface area contributed by atoms with Gasteiger partial charge >= 0.3 is 0 Å². The zero-order valence-corrected chi connectivity index (χ0v) is 6.34. The van der Waals surface area contributed by atoms with Crippen LogP contribution in [0.5, 0.6) is 0 Å². The third-order valence-electron chi connectivity index (χ3n) is 1.21. The van der Waals surface area contributed by atoms with Crippen LogP contribution in [0.3, 0.4) is 0 Å². The zero-order chi connectivity index (χ0) is 7.98. The summed E-state index contributed by atoms with van der Waals surface area (Å²) < 4.78 is 0. The minimum absolute atomic E-state index is 0.214. The van der Waals surface area contributed by atoms with Crippen LogP contribution < -0.4 is 5.84 Å². The number of hydrogen-bond donors (Lipinski definition) is 1. The van der Waals surface area contributed by atoms with Crippen LogP contribution in [0.1, 0.15) is 19.8 Å². The highest BCUT2D eigenvalue weighted by molar-refractivity contribution is 5.86. The summed E-state index contributed by atoms with van der Waals surface area (Å²) in [7, 11) is 0. The van der Waals surface area contributed by atoms with Crippen molar-refractivity contribution in [1.82, 2.24) is 5.01 Å². The van der Waals surface area contributed by atoms with Crippen LogP contribution in [0, 0.1) is 0 Å². The molecule has 3 heteroatoms. The number of nitrogens with two attached hydrogens (primary N) is 1. The van der Waals surface area contributed by atoms with E-state index in [1.165, 1.54) is 11.1 Å². The fourth-order valence-electron chi connectivity index (χ4n) is 0.556. The first-order valence-electron chi connectivity index (χ1n) is 3.41. The monoisotopic (exact) mass is 142 g/mol. The molecule has 0 aliphatic carbocycles. The van der Waals surface area contributed by atoms with Crippen molar-refractivity contribution in [2.24, 2.45) is 5.84 Å². The number of rotatable bonds is 4. The molecule has 0 unspecified atom stereocenters. The van der Waals surface area contributed by atoms with Gasteiger partial charge in [0.05, 0.1) is 0 Å². The van der Waals surface area contributed by atoms with Crippen molar-refractivity contribution in [3.8, 4) is 0 Å². The second-order valence-electron chi connectivity index (χ2n) is 2.09. The molecule has 0 aliphatic rings. The molecule has 0 radical (unpaired) electrons. The summed E-state index contributed by atoms with van der Waals surface area (Å²) in [4.78, 5) is 10.7. The maximum Gasteiger partial charge on any atom is 0.259 e. The summed E-state index contributed by atoms with van der Waals surface area (Å²) in [6.07, 6.45) is 3.20. The summed E-state index contributed by atoms with van der Waals surface area (Å²) in [5.41, 5.74) is 0. The van der Waals surface area contributed by atoms with Crippen LogP contribution in [0.15, 0.2) is 12.7 Å². The predicted molar refractivity (Wildman–Crippen MR) is 41.0 cm³/mol. The van der Waals surface area contributed by atoms with Crippen LogP contribution >= 0.6 is 0 Å². The average Bonchev–Trinajstić information content (AvgIpc) is 1.98. The van der Waals surface area contributed by atoms with E-state index in [0.29, 0.717) is 6.54 Å². The molecule has 0 aromatic heterocycles. The Bertz CT molecular complexity index is 123. The molecule has 3 nitrogen and oxygen atoms in total. The van der Waals surface area contributed by atoms with Gasteiger partial charge in [0.2, 0.25) is 0 Å². The maximum atomic E-state index is 10.7. The summed E-state index contributed by atoms with van der Waals surface area (Å²) in [6.45, 7) is 5.98. The minimum atomic E-state index is -0.214. The van der Waals surface area contributed by atoms with E-state index in [0.717, 1.165) is 12.8 Å². The number of nitrogens with zero attached hydrogens (tertiary/aromatic N) is 1. The van der Waals surface area contributed by atoms with Gasteiger partial charge in [0.1, 0.15) is 0 Å². The van der Waals surface area contributed by atoms with Crippen molar-refractivity contribution < 1.29 is 4.79 Å². The molecular weight excluding hydrogens is 128 g/mol. The first-order valence-corrected chi connectivity index (χ1v) is 3.41. The first kappa shape index (κ1) is 9.17. The number of hydrazine groups is 1.